The molecule has 0 unspecified atom stereocenters. The smallest absolute Gasteiger partial charge is 0.253 e. The van der Waals surface area contributed by atoms with E-state index in [1.165, 1.54) is 15.6 Å². The van der Waals surface area contributed by atoms with Gasteiger partial charge in [0.1, 0.15) is 0 Å². The maximum Gasteiger partial charge on any atom is 0.253 e. The zero-order valence-electron chi connectivity index (χ0n) is 15.1. The number of carbonyl (C=O) groups is 1. The van der Waals surface area contributed by atoms with Crippen LogP contribution in [-0.4, -0.2) is 44.9 Å². The SMILES string of the molecule is O=C(NCc1ccccc1S(=O)(=O)N1CCOCC1)c1csc2ccccc12. The predicted molar refractivity (Wildman–Crippen MR) is 109 cm³/mol. The van der Waals surface area contributed by atoms with Crippen LogP contribution < -0.4 is 5.32 Å². The monoisotopic (exact) mass is 416 g/mol. The molecule has 0 atom stereocenters. The van der Waals surface area contributed by atoms with Gasteiger partial charge in [-0.25, -0.2) is 8.42 Å². The minimum absolute atomic E-state index is 0.142. The molecule has 1 amide bonds. The minimum atomic E-state index is -3.62. The number of hydrogen-bond acceptors (Lipinski definition) is 5. The van der Waals surface area contributed by atoms with E-state index in [1.54, 1.807) is 24.3 Å². The Balaban J connectivity index is 1.55. The molecule has 3 aromatic rings. The number of thiophene rings is 1. The zero-order chi connectivity index (χ0) is 19.6. The molecule has 0 spiro atoms. The highest BCUT2D eigenvalue weighted by atomic mass is 32.2. The second-order valence-electron chi connectivity index (χ2n) is 6.45. The van der Waals surface area contributed by atoms with Gasteiger partial charge in [0.25, 0.3) is 5.91 Å². The van der Waals surface area contributed by atoms with E-state index >= 15 is 0 Å². The van der Waals surface area contributed by atoms with E-state index in [0.717, 1.165) is 10.1 Å². The molecule has 0 radical (unpaired) electrons. The Morgan fingerprint density at radius 3 is 2.61 bits per heavy atom. The number of amides is 1. The van der Waals surface area contributed by atoms with Crippen molar-refractivity contribution in [3.63, 3.8) is 0 Å². The van der Waals surface area contributed by atoms with Gasteiger partial charge in [-0.3, -0.25) is 4.79 Å². The lowest BCUT2D eigenvalue weighted by Crippen LogP contribution is -2.41. The molecule has 4 rings (SSSR count). The summed E-state index contributed by atoms with van der Waals surface area (Å²) in [7, 11) is -3.62. The molecule has 0 aliphatic carbocycles. The van der Waals surface area contributed by atoms with Crippen molar-refractivity contribution in [2.45, 2.75) is 11.4 Å². The Hall–Kier alpha value is -2.26. The van der Waals surface area contributed by atoms with Crippen molar-refractivity contribution in [3.05, 3.63) is 65.0 Å². The van der Waals surface area contributed by atoms with Gasteiger partial charge in [0.15, 0.2) is 0 Å². The molecule has 2 aromatic carbocycles. The molecule has 1 saturated heterocycles. The van der Waals surface area contributed by atoms with Crippen molar-refractivity contribution in [1.82, 2.24) is 9.62 Å². The number of benzene rings is 2. The Labute approximate surface area is 167 Å². The molecule has 28 heavy (non-hydrogen) atoms. The van der Waals surface area contributed by atoms with Gasteiger partial charge >= 0.3 is 0 Å². The summed E-state index contributed by atoms with van der Waals surface area (Å²) in [5, 5.41) is 5.60. The average molecular weight is 417 g/mol. The predicted octanol–water partition coefficient (Wildman–Crippen LogP) is 2.85. The van der Waals surface area contributed by atoms with E-state index in [4.69, 9.17) is 4.74 Å². The van der Waals surface area contributed by atoms with Crippen LogP contribution in [-0.2, 0) is 21.3 Å². The molecular weight excluding hydrogens is 396 g/mol. The van der Waals surface area contributed by atoms with Crippen LogP contribution in [0, 0.1) is 0 Å². The van der Waals surface area contributed by atoms with Crippen LogP contribution >= 0.6 is 11.3 Å². The first kappa shape index (κ1) is 19.1. The first-order valence-electron chi connectivity index (χ1n) is 8.97. The van der Waals surface area contributed by atoms with Gasteiger partial charge in [0, 0.05) is 35.1 Å². The number of fused-ring (bicyclic) bond motifs is 1. The number of rotatable bonds is 5. The molecule has 2 heterocycles. The number of carbonyl (C=O) groups excluding carboxylic acids is 1. The maximum atomic E-state index is 13.0. The van der Waals surface area contributed by atoms with Gasteiger partial charge in [0.05, 0.1) is 23.7 Å². The summed E-state index contributed by atoms with van der Waals surface area (Å²) in [6.45, 7) is 1.60. The topological polar surface area (TPSA) is 75.7 Å². The van der Waals surface area contributed by atoms with Gasteiger partial charge in [-0.1, -0.05) is 36.4 Å². The molecule has 1 N–H and O–H groups in total. The summed E-state index contributed by atoms with van der Waals surface area (Å²) >= 11 is 1.51. The van der Waals surface area contributed by atoms with Crippen LogP contribution in [0.3, 0.4) is 0 Å². The van der Waals surface area contributed by atoms with Crippen molar-refractivity contribution in [2.75, 3.05) is 26.3 Å². The molecule has 1 aliphatic rings. The lowest BCUT2D eigenvalue weighted by molar-refractivity contribution is 0.0730. The van der Waals surface area contributed by atoms with Gasteiger partial charge in [-0.15, -0.1) is 11.3 Å². The Morgan fingerprint density at radius 1 is 1.07 bits per heavy atom. The summed E-state index contributed by atoms with van der Waals surface area (Å²) < 4.78 is 33.8. The number of morpholine rings is 1. The van der Waals surface area contributed by atoms with Crippen LogP contribution in [0.2, 0.25) is 0 Å². The Bertz CT molecular complexity index is 1100. The van der Waals surface area contributed by atoms with Gasteiger partial charge in [-0.2, -0.15) is 4.31 Å². The van der Waals surface area contributed by atoms with E-state index in [9.17, 15) is 13.2 Å². The number of hydrogen-bond donors (Lipinski definition) is 1. The van der Waals surface area contributed by atoms with E-state index < -0.39 is 10.0 Å². The molecule has 1 aliphatic heterocycles. The Kier molecular flexibility index (Phi) is 5.45. The van der Waals surface area contributed by atoms with Crippen molar-refractivity contribution in [1.29, 1.82) is 0 Å². The zero-order valence-corrected chi connectivity index (χ0v) is 16.8. The maximum absolute atomic E-state index is 13.0. The summed E-state index contributed by atoms with van der Waals surface area (Å²) in [4.78, 5) is 12.9. The van der Waals surface area contributed by atoms with Gasteiger partial charge in [0.2, 0.25) is 10.0 Å². The summed E-state index contributed by atoms with van der Waals surface area (Å²) in [6, 6.07) is 14.5. The lowest BCUT2D eigenvalue weighted by Gasteiger charge is -2.27. The molecular formula is C20H20N2O4S2. The van der Waals surface area contributed by atoms with Crippen LogP contribution in [0.25, 0.3) is 10.1 Å². The highest BCUT2D eigenvalue weighted by Gasteiger charge is 2.28. The standard InChI is InChI=1S/C20H20N2O4S2/c23-20(17-14-27-18-7-3-2-6-16(17)18)21-13-15-5-1-4-8-19(15)28(24,25)22-9-11-26-12-10-22/h1-8,14H,9-13H2,(H,21,23). The van der Waals surface area contributed by atoms with Crippen molar-refractivity contribution in [3.8, 4) is 0 Å². The van der Waals surface area contributed by atoms with Crippen LogP contribution in [0.4, 0.5) is 0 Å². The highest BCUT2D eigenvalue weighted by Crippen LogP contribution is 2.26. The summed E-state index contributed by atoms with van der Waals surface area (Å²) in [6.07, 6.45) is 0. The number of sulfonamides is 1. The fourth-order valence-corrected chi connectivity index (χ4v) is 5.82. The Morgan fingerprint density at radius 2 is 1.79 bits per heavy atom. The average Bonchev–Trinajstić information content (AvgIpc) is 3.17. The fourth-order valence-electron chi connectivity index (χ4n) is 3.25. The largest absolute Gasteiger partial charge is 0.379 e. The molecule has 8 heteroatoms. The second-order valence-corrected chi connectivity index (χ2v) is 9.27. The van der Waals surface area contributed by atoms with Crippen molar-refractivity contribution in [2.24, 2.45) is 0 Å². The highest BCUT2D eigenvalue weighted by molar-refractivity contribution is 7.89. The van der Waals surface area contributed by atoms with E-state index in [1.807, 2.05) is 29.6 Å². The van der Waals surface area contributed by atoms with E-state index in [-0.39, 0.29) is 17.3 Å². The van der Waals surface area contributed by atoms with Gasteiger partial charge < -0.3 is 10.1 Å². The molecule has 1 fully saturated rings. The second kappa shape index (κ2) is 8.00. The third kappa shape index (κ3) is 3.68. The molecule has 146 valence electrons. The lowest BCUT2D eigenvalue weighted by atomic mass is 10.1. The van der Waals surface area contributed by atoms with Crippen molar-refractivity contribution >= 4 is 37.4 Å². The quantitative estimate of drug-likeness (QED) is 0.694. The van der Waals surface area contributed by atoms with Crippen LogP contribution in [0.15, 0.2) is 58.8 Å². The first-order valence-corrected chi connectivity index (χ1v) is 11.3. The number of nitrogens with zero attached hydrogens (tertiary/aromatic N) is 1. The van der Waals surface area contributed by atoms with E-state index in [0.29, 0.717) is 37.4 Å². The molecule has 0 saturated carbocycles. The third-order valence-electron chi connectivity index (χ3n) is 4.73. The fraction of sp³-hybridized carbons (Fsp3) is 0.250. The van der Waals surface area contributed by atoms with Crippen LogP contribution in [0.5, 0.6) is 0 Å². The molecule has 0 bridgehead atoms. The molecule has 6 nitrogen and oxygen atoms in total. The van der Waals surface area contributed by atoms with Gasteiger partial charge in [-0.05, 0) is 17.7 Å². The number of ether oxygens (including phenoxy) is 1. The summed E-state index contributed by atoms with van der Waals surface area (Å²) in [5.74, 6) is -0.212. The minimum Gasteiger partial charge on any atom is -0.379 e. The first-order chi connectivity index (χ1) is 13.6. The third-order valence-corrected chi connectivity index (χ3v) is 7.69. The summed E-state index contributed by atoms with van der Waals surface area (Å²) in [5.41, 5.74) is 1.18. The van der Waals surface area contributed by atoms with Crippen LogP contribution in [0.1, 0.15) is 15.9 Å². The molecule has 1 aromatic heterocycles. The van der Waals surface area contributed by atoms with E-state index in [2.05, 4.69) is 5.32 Å². The normalized spacial score (nSPS) is 15.6. The van der Waals surface area contributed by atoms with Crippen molar-refractivity contribution < 1.29 is 17.9 Å². The number of nitrogens with one attached hydrogen (secondary N) is 1.